The van der Waals surface area contributed by atoms with Crippen LogP contribution >= 0.6 is 0 Å². The van der Waals surface area contributed by atoms with Crippen molar-refractivity contribution in [1.29, 1.82) is 0 Å². The third-order valence-electron chi connectivity index (χ3n) is 4.80. The number of rotatable bonds is 6. The minimum Gasteiger partial charge on any atom is -0.497 e. The Morgan fingerprint density at radius 3 is 2.61 bits per heavy atom. The molecule has 0 unspecified atom stereocenters. The van der Waals surface area contributed by atoms with Crippen LogP contribution in [-0.4, -0.2) is 30.0 Å². The minimum absolute atomic E-state index is 0.0445. The van der Waals surface area contributed by atoms with Crippen LogP contribution in [0, 0.1) is 0 Å². The Bertz CT molecular complexity index is 991. The standard InChI is InChI=1S/C22H21N3O3/c1-27-16-10-11-18(19(13-16)28-2)24-21-20-17(9-6-12-23-20)22(26)25(21)14-15-7-4-3-5-8-15/h3-13,21,24H,14H2,1-2H3/t21-/m1/s1. The van der Waals surface area contributed by atoms with Gasteiger partial charge in [-0.05, 0) is 29.8 Å². The van der Waals surface area contributed by atoms with Crippen LogP contribution in [-0.2, 0) is 6.54 Å². The Morgan fingerprint density at radius 1 is 1.04 bits per heavy atom. The van der Waals surface area contributed by atoms with E-state index in [0.29, 0.717) is 29.3 Å². The van der Waals surface area contributed by atoms with Gasteiger partial charge in [-0.1, -0.05) is 30.3 Å². The summed E-state index contributed by atoms with van der Waals surface area (Å²) in [7, 11) is 3.22. The number of aromatic nitrogens is 1. The van der Waals surface area contributed by atoms with Crippen LogP contribution in [0.15, 0.2) is 66.9 Å². The topological polar surface area (TPSA) is 63.7 Å². The van der Waals surface area contributed by atoms with Crippen LogP contribution in [0.25, 0.3) is 0 Å². The molecule has 1 atom stereocenters. The first-order chi connectivity index (χ1) is 13.7. The zero-order valence-electron chi connectivity index (χ0n) is 15.8. The Kier molecular flexibility index (Phi) is 4.85. The summed E-state index contributed by atoms with van der Waals surface area (Å²) in [6.45, 7) is 0.478. The van der Waals surface area contributed by atoms with Crippen molar-refractivity contribution in [2.75, 3.05) is 19.5 Å². The molecular formula is C22H21N3O3. The van der Waals surface area contributed by atoms with Crippen molar-refractivity contribution in [3.8, 4) is 11.5 Å². The summed E-state index contributed by atoms with van der Waals surface area (Å²) in [6.07, 6.45) is 1.31. The molecule has 4 rings (SSSR count). The lowest BCUT2D eigenvalue weighted by molar-refractivity contribution is 0.0727. The summed E-state index contributed by atoms with van der Waals surface area (Å²) < 4.78 is 10.8. The molecule has 0 spiro atoms. The average molecular weight is 375 g/mol. The van der Waals surface area contributed by atoms with Gasteiger partial charge in [0.1, 0.15) is 17.7 Å². The molecule has 0 aliphatic carbocycles. The number of carbonyl (C=O) groups is 1. The molecule has 6 heteroatoms. The predicted molar refractivity (Wildman–Crippen MR) is 106 cm³/mol. The molecule has 2 aromatic carbocycles. The highest BCUT2D eigenvalue weighted by Crippen LogP contribution is 2.37. The summed E-state index contributed by atoms with van der Waals surface area (Å²) in [5.74, 6) is 1.29. The van der Waals surface area contributed by atoms with Gasteiger partial charge in [-0.15, -0.1) is 0 Å². The van der Waals surface area contributed by atoms with Gasteiger partial charge >= 0.3 is 0 Å². The molecule has 1 aliphatic rings. The van der Waals surface area contributed by atoms with Crippen molar-refractivity contribution in [2.24, 2.45) is 0 Å². The van der Waals surface area contributed by atoms with E-state index >= 15 is 0 Å². The quantitative estimate of drug-likeness (QED) is 0.709. The highest BCUT2D eigenvalue weighted by Gasteiger charge is 2.38. The van der Waals surface area contributed by atoms with Gasteiger partial charge in [0.2, 0.25) is 0 Å². The molecule has 6 nitrogen and oxygen atoms in total. The number of hydrogen-bond acceptors (Lipinski definition) is 5. The first-order valence-corrected chi connectivity index (χ1v) is 8.99. The molecule has 28 heavy (non-hydrogen) atoms. The number of amides is 1. The van der Waals surface area contributed by atoms with E-state index in [4.69, 9.17) is 9.47 Å². The number of pyridine rings is 1. The molecule has 2 heterocycles. The molecule has 0 bridgehead atoms. The molecule has 1 aromatic heterocycles. The van der Waals surface area contributed by atoms with E-state index in [0.717, 1.165) is 11.3 Å². The van der Waals surface area contributed by atoms with Crippen molar-refractivity contribution in [1.82, 2.24) is 9.88 Å². The Morgan fingerprint density at radius 2 is 1.86 bits per heavy atom. The third-order valence-corrected chi connectivity index (χ3v) is 4.80. The zero-order chi connectivity index (χ0) is 19.5. The van der Waals surface area contributed by atoms with E-state index in [-0.39, 0.29) is 5.91 Å². The fraction of sp³-hybridized carbons (Fsp3) is 0.182. The minimum atomic E-state index is -0.397. The van der Waals surface area contributed by atoms with Gasteiger partial charge in [-0.25, -0.2) is 0 Å². The maximum absolute atomic E-state index is 13.1. The van der Waals surface area contributed by atoms with Crippen molar-refractivity contribution in [3.05, 3.63) is 83.7 Å². The van der Waals surface area contributed by atoms with Gasteiger partial charge in [0, 0.05) is 18.8 Å². The third kappa shape index (κ3) is 3.24. The lowest BCUT2D eigenvalue weighted by Gasteiger charge is -2.27. The molecule has 1 N–H and O–H groups in total. The van der Waals surface area contributed by atoms with Crippen molar-refractivity contribution >= 4 is 11.6 Å². The molecule has 3 aromatic rings. The Balaban J connectivity index is 1.70. The van der Waals surface area contributed by atoms with E-state index in [2.05, 4.69) is 10.3 Å². The Labute approximate surface area is 163 Å². The van der Waals surface area contributed by atoms with Crippen LogP contribution in [0.4, 0.5) is 5.69 Å². The van der Waals surface area contributed by atoms with Crippen LogP contribution in [0.5, 0.6) is 11.5 Å². The number of anilines is 1. The molecule has 1 amide bonds. The number of carbonyl (C=O) groups excluding carboxylic acids is 1. The lowest BCUT2D eigenvalue weighted by Crippen LogP contribution is -2.32. The Hall–Kier alpha value is -3.54. The molecule has 0 saturated heterocycles. The zero-order valence-corrected chi connectivity index (χ0v) is 15.8. The van der Waals surface area contributed by atoms with Crippen LogP contribution in [0.1, 0.15) is 27.8 Å². The summed E-state index contributed by atoms with van der Waals surface area (Å²) in [5.41, 5.74) is 3.14. The van der Waals surface area contributed by atoms with E-state index in [9.17, 15) is 4.79 Å². The van der Waals surface area contributed by atoms with Gasteiger partial charge < -0.3 is 19.7 Å². The molecule has 1 aliphatic heterocycles. The molecule has 142 valence electrons. The predicted octanol–water partition coefficient (Wildman–Crippen LogP) is 3.87. The van der Waals surface area contributed by atoms with E-state index < -0.39 is 6.17 Å². The summed E-state index contributed by atoms with van der Waals surface area (Å²) in [6, 6.07) is 19.1. The second-order valence-corrected chi connectivity index (χ2v) is 6.47. The lowest BCUT2D eigenvalue weighted by atomic mass is 10.2. The molecule has 0 saturated carbocycles. The van der Waals surface area contributed by atoms with Gasteiger partial charge in [0.15, 0.2) is 0 Å². The largest absolute Gasteiger partial charge is 0.497 e. The van der Waals surface area contributed by atoms with Gasteiger partial charge in [-0.2, -0.15) is 0 Å². The monoisotopic (exact) mass is 375 g/mol. The van der Waals surface area contributed by atoms with Crippen LogP contribution in [0.2, 0.25) is 0 Å². The maximum atomic E-state index is 13.1. The second kappa shape index (κ2) is 7.60. The first-order valence-electron chi connectivity index (χ1n) is 8.99. The van der Waals surface area contributed by atoms with E-state index in [1.807, 2.05) is 48.5 Å². The first kappa shape index (κ1) is 17.9. The average Bonchev–Trinajstić information content (AvgIpc) is 3.01. The second-order valence-electron chi connectivity index (χ2n) is 6.47. The van der Waals surface area contributed by atoms with Crippen molar-refractivity contribution in [2.45, 2.75) is 12.7 Å². The number of nitrogens with one attached hydrogen (secondary N) is 1. The summed E-state index contributed by atoms with van der Waals surface area (Å²) >= 11 is 0. The van der Waals surface area contributed by atoms with Gasteiger partial charge in [0.05, 0.1) is 31.2 Å². The number of ether oxygens (including phenoxy) is 2. The van der Waals surface area contributed by atoms with Crippen LogP contribution in [0.3, 0.4) is 0 Å². The number of fused-ring (bicyclic) bond motifs is 1. The number of hydrogen-bond donors (Lipinski definition) is 1. The summed E-state index contributed by atoms with van der Waals surface area (Å²) in [5, 5.41) is 3.43. The maximum Gasteiger partial charge on any atom is 0.258 e. The van der Waals surface area contributed by atoms with Gasteiger partial charge in [-0.3, -0.25) is 9.78 Å². The van der Waals surface area contributed by atoms with E-state index in [1.165, 1.54) is 0 Å². The SMILES string of the molecule is COc1ccc(N[C@H]2c3ncccc3C(=O)N2Cc2ccccc2)c(OC)c1. The fourth-order valence-corrected chi connectivity index (χ4v) is 3.39. The molecule has 0 radical (unpaired) electrons. The smallest absolute Gasteiger partial charge is 0.258 e. The van der Waals surface area contributed by atoms with Crippen molar-refractivity contribution in [3.63, 3.8) is 0 Å². The fourth-order valence-electron chi connectivity index (χ4n) is 3.39. The van der Waals surface area contributed by atoms with Crippen molar-refractivity contribution < 1.29 is 14.3 Å². The summed E-state index contributed by atoms with van der Waals surface area (Å²) in [4.78, 5) is 19.3. The molecular weight excluding hydrogens is 354 g/mol. The number of nitrogens with zero attached hydrogens (tertiary/aromatic N) is 2. The number of benzene rings is 2. The molecule has 0 fully saturated rings. The number of methoxy groups -OCH3 is 2. The van der Waals surface area contributed by atoms with E-state index in [1.54, 1.807) is 37.4 Å². The highest BCUT2D eigenvalue weighted by atomic mass is 16.5. The normalized spacial score (nSPS) is 15.3. The van der Waals surface area contributed by atoms with Gasteiger partial charge in [0.25, 0.3) is 5.91 Å². The van der Waals surface area contributed by atoms with Crippen LogP contribution < -0.4 is 14.8 Å². The highest BCUT2D eigenvalue weighted by molar-refractivity contribution is 5.99.